The van der Waals surface area contributed by atoms with Crippen LogP contribution in [0.3, 0.4) is 0 Å². The van der Waals surface area contributed by atoms with Crippen LogP contribution < -0.4 is 9.47 Å². The maximum Gasteiger partial charge on any atom is 0.343 e. The summed E-state index contributed by atoms with van der Waals surface area (Å²) in [6.07, 6.45) is 5.01. The summed E-state index contributed by atoms with van der Waals surface area (Å²) < 4.78 is 10.9. The molecule has 0 aliphatic heterocycles. The fraction of sp³-hybridized carbons (Fsp3) is 0.176. The zero-order valence-electron chi connectivity index (χ0n) is 22.9. The molecule has 4 rings (SSSR count). The van der Waals surface area contributed by atoms with Crippen LogP contribution in [-0.4, -0.2) is 16.9 Å². The molecule has 41 heavy (non-hydrogen) atoms. The Morgan fingerprint density at radius 3 is 1.98 bits per heavy atom. The number of hydrogen-bond acceptors (Lipinski definition) is 6. The van der Waals surface area contributed by atoms with Crippen molar-refractivity contribution in [1.29, 1.82) is 0 Å². The highest BCUT2D eigenvalue weighted by Gasteiger charge is 2.17. The molecule has 0 heterocycles. The lowest BCUT2D eigenvalue weighted by Crippen LogP contribution is -2.09. The van der Waals surface area contributed by atoms with Crippen LogP contribution in [-0.2, 0) is 4.79 Å². The van der Waals surface area contributed by atoms with Crippen LogP contribution in [0, 0.1) is 10.1 Å². The lowest BCUT2D eigenvalue weighted by atomic mass is 9.84. The number of esters is 2. The Balaban J connectivity index is 1.31. The standard InChI is InChI=1S/C34H31NO6/c1-3-26(28-14-20-31(21-15-28)40-33(36)22-9-25-7-5-4-6-8-25)23-24(2)27-12-18-32(19-13-27)41-34(37)29-10-16-30(17-11-29)35(38)39/h4-22,24,26H,3,23H2,1-2H3/b22-9+. The Labute approximate surface area is 239 Å². The van der Waals surface area contributed by atoms with E-state index in [1.54, 1.807) is 18.2 Å². The van der Waals surface area contributed by atoms with Gasteiger partial charge in [0, 0.05) is 18.2 Å². The summed E-state index contributed by atoms with van der Waals surface area (Å²) in [4.78, 5) is 34.9. The minimum absolute atomic E-state index is 0.0865. The Bertz CT molecular complexity index is 1490. The van der Waals surface area contributed by atoms with Gasteiger partial charge in [0.15, 0.2) is 0 Å². The molecular formula is C34H31NO6. The van der Waals surface area contributed by atoms with E-state index in [9.17, 15) is 19.7 Å². The second kappa shape index (κ2) is 13.8. The Morgan fingerprint density at radius 2 is 1.39 bits per heavy atom. The fourth-order valence-corrected chi connectivity index (χ4v) is 4.54. The SMILES string of the molecule is CCC(CC(C)c1ccc(OC(=O)c2ccc([N+](=O)[O-])cc2)cc1)c1ccc(OC(=O)/C=C/c2ccccc2)cc1. The third-order valence-corrected chi connectivity index (χ3v) is 6.89. The van der Waals surface area contributed by atoms with Gasteiger partial charge in [-0.1, -0.05) is 68.4 Å². The van der Waals surface area contributed by atoms with Gasteiger partial charge < -0.3 is 9.47 Å². The van der Waals surface area contributed by atoms with Crippen LogP contribution in [0.4, 0.5) is 5.69 Å². The van der Waals surface area contributed by atoms with Gasteiger partial charge in [0.2, 0.25) is 0 Å². The smallest absolute Gasteiger partial charge is 0.343 e. The van der Waals surface area contributed by atoms with E-state index in [0.717, 1.165) is 24.0 Å². The maximum absolute atomic E-state index is 12.4. The van der Waals surface area contributed by atoms with Crippen LogP contribution in [0.25, 0.3) is 6.08 Å². The molecule has 0 saturated carbocycles. The molecule has 2 atom stereocenters. The molecule has 0 N–H and O–H groups in total. The van der Waals surface area contributed by atoms with Crippen molar-refractivity contribution < 1.29 is 24.0 Å². The summed E-state index contributed by atoms with van der Waals surface area (Å²) in [6.45, 7) is 4.32. The fourth-order valence-electron chi connectivity index (χ4n) is 4.54. The van der Waals surface area contributed by atoms with E-state index in [2.05, 4.69) is 13.8 Å². The van der Waals surface area contributed by atoms with Gasteiger partial charge in [-0.2, -0.15) is 0 Å². The summed E-state index contributed by atoms with van der Waals surface area (Å²) in [5, 5.41) is 10.8. The number of nitro benzene ring substituents is 1. The first kappa shape index (κ1) is 29.0. The molecule has 4 aromatic rings. The number of non-ortho nitro benzene ring substituents is 1. The number of carbonyl (C=O) groups excluding carboxylic acids is 2. The molecule has 4 aromatic carbocycles. The molecule has 7 nitrogen and oxygen atoms in total. The third kappa shape index (κ3) is 8.22. The summed E-state index contributed by atoms with van der Waals surface area (Å²) in [5.41, 5.74) is 3.37. The monoisotopic (exact) mass is 549 g/mol. The summed E-state index contributed by atoms with van der Waals surface area (Å²) in [6, 6.07) is 29.9. The first-order valence-corrected chi connectivity index (χ1v) is 13.4. The molecule has 0 spiro atoms. The largest absolute Gasteiger partial charge is 0.423 e. The molecule has 0 aromatic heterocycles. The predicted octanol–water partition coefficient (Wildman–Crippen LogP) is 8.12. The van der Waals surface area contributed by atoms with Crippen LogP contribution >= 0.6 is 0 Å². The highest BCUT2D eigenvalue weighted by Crippen LogP contribution is 2.33. The maximum atomic E-state index is 12.4. The van der Waals surface area contributed by atoms with Crippen LogP contribution in [0.1, 0.15) is 65.6 Å². The molecule has 0 amide bonds. The van der Waals surface area contributed by atoms with Crippen LogP contribution in [0.5, 0.6) is 11.5 Å². The van der Waals surface area contributed by atoms with Gasteiger partial charge in [-0.05, 0) is 83.8 Å². The van der Waals surface area contributed by atoms with Gasteiger partial charge in [-0.3, -0.25) is 10.1 Å². The summed E-state index contributed by atoms with van der Waals surface area (Å²) >= 11 is 0. The number of rotatable bonds is 11. The van der Waals surface area contributed by atoms with E-state index in [-0.39, 0.29) is 17.2 Å². The lowest BCUT2D eigenvalue weighted by molar-refractivity contribution is -0.384. The van der Waals surface area contributed by atoms with E-state index >= 15 is 0 Å². The first-order valence-electron chi connectivity index (χ1n) is 13.4. The lowest BCUT2D eigenvalue weighted by Gasteiger charge is -2.21. The van der Waals surface area contributed by atoms with Crippen molar-refractivity contribution in [2.45, 2.75) is 38.5 Å². The van der Waals surface area contributed by atoms with Crippen molar-refractivity contribution in [1.82, 2.24) is 0 Å². The van der Waals surface area contributed by atoms with E-state index in [4.69, 9.17) is 9.47 Å². The number of ether oxygens (including phenoxy) is 2. The van der Waals surface area contributed by atoms with Crippen molar-refractivity contribution >= 4 is 23.7 Å². The molecule has 208 valence electrons. The molecule has 7 heteroatoms. The minimum atomic E-state index is -0.576. The molecule has 0 saturated heterocycles. The van der Waals surface area contributed by atoms with Crippen molar-refractivity contribution in [3.63, 3.8) is 0 Å². The Morgan fingerprint density at radius 1 is 0.805 bits per heavy atom. The number of nitro groups is 1. The second-order valence-corrected chi connectivity index (χ2v) is 9.74. The Kier molecular flexibility index (Phi) is 9.78. The van der Waals surface area contributed by atoms with Gasteiger partial charge in [0.25, 0.3) is 5.69 Å². The van der Waals surface area contributed by atoms with Crippen molar-refractivity contribution in [2.24, 2.45) is 0 Å². The highest BCUT2D eigenvalue weighted by atomic mass is 16.6. The number of benzene rings is 4. The van der Waals surface area contributed by atoms with E-state index < -0.39 is 16.9 Å². The average molecular weight is 550 g/mol. The summed E-state index contributed by atoms with van der Waals surface area (Å²) in [5.74, 6) is 0.461. The molecule has 0 bridgehead atoms. The number of hydrogen-bond donors (Lipinski definition) is 0. The zero-order chi connectivity index (χ0) is 29.2. The molecule has 2 unspecified atom stereocenters. The molecule has 0 fully saturated rings. The predicted molar refractivity (Wildman–Crippen MR) is 158 cm³/mol. The summed E-state index contributed by atoms with van der Waals surface area (Å²) in [7, 11) is 0. The van der Waals surface area contributed by atoms with Crippen LogP contribution in [0.2, 0.25) is 0 Å². The van der Waals surface area contributed by atoms with E-state index in [0.29, 0.717) is 17.4 Å². The van der Waals surface area contributed by atoms with Gasteiger partial charge in [-0.15, -0.1) is 0 Å². The van der Waals surface area contributed by atoms with Crippen molar-refractivity contribution in [3.8, 4) is 11.5 Å². The Hall–Kier alpha value is -5.04. The normalized spacial score (nSPS) is 12.4. The van der Waals surface area contributed by atoms with E-state index in [1.807, 2.05) is 66.7 Å². The van der Waals surface area contributed by atoms with Crippen LogP contribution in [0.15, 0.2) is 109 Å². The topological polar surface area (TPSA) is 95.7 Å². The minimum Gasteiger partial charge on any atom is -0.423 e. The first-order chi connectivity index (χ1) is 19.8. The molecular weight excluding hydrogens is 518 g/mol. The van der Waals surface area contributed by atoms with E-state index in [1.165, 1.54) is 35.9 Å². The van der Waals surface area contributed by atoms with Gasteiger partial charge in [0.1, 0.15) is 11.5 Å². The molecule has 0 aliphatic rings. The van der Waals surface area contributed by atoms with Crippen molar-refractivity contribution in [2.75, 3.05) is 0 Å². The van der Waals surface area contributed by atoms with Crippen molar-refractivity contribution in [3.05, 3.63) is 142 Å². The molecule has 0 aliphatic carbocycles. The highest BCUT2D eigenvalue weighted by molar-refractivity contribution is 5.91. The quantitative estimate of drug-likeness (QED) is 0.0616. The average Bonchev–Trinajstić information content (AvgIpc) is 3.00. The van der Waals surface area contributed by atoms with Gasteiger partial charge in [-0.25, -0.2) is 9.59 Å². The number of carbonyl (C=O) groups is 2. The zero-order valence-corrected chi connectivity index (χ0v) is 22.9. The molecule has 0 radical (unpaired) electrons. The third-order valence-electron chi connectivity index (χ3n) is 6.89. The van der Waals surface area contributed by atoms with Gasteiger partial charge in [0.05, 0.1) is 10.5 Å². The van der Waals surface area contributed by atoms with Gasteiger partial charge >= 0.3 is 11.9 Å². The second-order valence-electron chi connectivity index (χ2n) is 9.74. The number of nitrogens with zero attached hydrogens (tertiary/aromatic N) is 1.